The molecule has 2 aromatic carbocycles. The van der Waals surface area contributed by atoms with E-state index in [0.29, 0.717) is 42.2 Å². The van der Waals surface area contributed by atoms with E-state index in [9.17, 15) is 14.7 Å². The number of H-pyrrole nitrogens is 2. The Labute approximate surface area is 219 Å². The molecule has 1 fully saturated rings. The van der Waals surface area contributed by atoms with Crippen LogP contribution in [0.4, 0.5) is 0 Å². The molecule has 12 nitrogen and oxygen atoms in total. The van der Waals surface area contributed by atoms with Crippen molar-refractivity contribution in [3.63, 3.8) is 0 Å². The Morgan fingerprint density at radius 2 is 2.19 bits per heavy atom. The van der Waals surface area contributed by atoms with Crippen molar-refractivity contribution in [3.8, 4) is 5.75 Å². The summed E-state index contributed by atoms with van der Waals surface area (Å²) in [6, 6.07) is 12.5. The lowest BCUT2D eigenvalue weighted by molar-refractivity contribution is -0.131. The number of nitrogens with one attached hydrogen (secondary N) is 2. The standard InChI is InChI=1S/C24H27N7O5.H2S/c1-30(23(33)10-15-5-6-21-19(9-15)25-24(34)36-21)20(13-31-8-7-17(32)12-31)16-3-2-4-18(11-16)35-14-22-26-28-29-27-22;/h2-6,9,11,17,20,32H,7-8,10,12-14H2,1H3,(H,25,34)(H,26,27,28,29);1H2/t17-,20?;/m0./s1. The van der Waals surface area contributed by atoms with Gasteiger partial charge in [0.1, 0.15) is 5.75 Å². The van der Waals surface area contributed by atoms with Crippen LogP contribution < -0.4 is 10.5 Å². The minimum absolute atomic E-state index is 0. The summed E-state index contributed by atoms with van der Waals surface area (Å²) in [7, 11) is 1.78. The van der Waals surface area contributed by atoms with Crippen molar-refractivity contribution in [1.82, 2.24) is 35.4 Å². The minimum atomic E-state index is -0.528. The second-order valence-corrected chi connectivity index (χ2v) is 8.93. The first-order valence-corrected chi connectivity index (χ1v) is 11.7. The lowest BCUT2D eigenvalue weighted by Crippen LogP contribution is -2.39. The van der Waals surface area contributed by atoms with E-state index in [0.717, 1.165) is 17.7 Å². The number of amides is 1. The summed E-state index contributed by atoms with van der Waals surface area (Å²) in [5.74, 6) is 0.452. The summed E-state index contributed by atoms with van der Waals surface area (Å²) >= 11 is 0. The third-order valence-electron chi connectivity index (χ3n) is 6.38. The summed E-state index contributed by atoms with van der Waals surface area (Å²) in [4.78, 5) is 31.4. The molecule has 0 bridgehead atoms. The molecule has 0 aliphatic carbocycles. The predicted molar refractivity (Wildman–Crippen MR) is 138 cm³/mol. The lowest BCUT2D eigenvalue weighted by Gasteiger charge is -2.32. The second kappa shape index (κ2) is 11.6. The van der Waals surface area contributed by atoms with Gasteiger partial charge < -0.3 is 19.2 Å². The highest BCUT2D eigenvalue weighted by Crippen LogP contribution is 2.27. The number of aromatic nitrogens is 5. The Hall–Kier alpha value is -3.68. The number of ether oxygens (including phenoxy) is 1. The zero-order chi connectivity index (χ0) is 25.1. The van der Waals surface area contributed by atoms with Crippen LogP contribution >= 0.6 is 13.5 Å². The largest absolute Gasteiger partial charge is 0.485 e. The molecule has 2 atom stereocenters. The normalized spacial score (nSPS) is 16.4. The number of rotatable bonds is 9. The van der Waals surface area contributed by atoms with Crippen molar-refractivity contribution >= 4 is 30.5 Å². The maximum atomic E-state index is 13.4. The van der Waals surface area contributed by atoms with E-state index >= 15 is 0 Å². The topological polar surface area (TPSA) is 153 Å². The molecular weight excluding hydrogens is 498 g/mol. The molecule has 37 heavy (non-hydrogen) atoms. The molecule has 5 rings (SSSR count). The van der Waals surface area contributed by atoms with E-state index in [1.165, 1.54) is 0 Å². The number of benzene rings is 2. The summed E-state index contributed by atoms with van der Waals surface area (Å²) in [6.45, 7) is 2.06. The zero-order valence-electron chi connectivity index (χ0n) is 20.3. The molecule has 0 radical (unpaired) electrons. The van der Waals surface area contributed by atoms with Gasteiger partial charge in [-0.05, 0) is 41.8 Å². The van der Waals surface area contributed by atoms with Crippen LogP contribution in [-0.2, 0) is 17.8 Å². The average Bonchev–Trinajstić information content (AvgIpc) is 3.61. The Morgan fingerprint density at radius 1 is 1.32 bits per heavy atom. The quantitative estimate of drug-likeness (QED) is 0.291. The van der Waals surface area contributed by atoms with Gasteiger partial charge >= 0.3 is 5.76 Å². The highest BCUT2D eigenvalue weighted by atomic mass is 32.1. The van der Waals surface area contributed by atoms with E-state index in [4.69, 9.17) is 9.15 Å². The number of tetrazole rings is 1. The van der Waals surface area contributed by atoms with Gasteiger partial charge in [-0.25, -0.2) is 4.79 Å². The summed E-state index contributed by atoms with van der Waals surface area (Å²) in [5, 5.41) is 23.7. The Balaban J connectivity index is 0.00000320. The molecule has 1 aliphatic heterocycles. The maximum Gasteiger partial charge on any atom is 0.417 e. The van der Waals surface area contributed by atoms with Gasteiger partial charge in [-0.15, -0.1) is 10.2 Å². The number of likely N-dealkylation sites (N-methyl/N-ethyl adjacent to an activating group) is 1. The predicted octanol–water partition coefficient (Wildman–Crippen LogP) is 1.13. The number of hydrogen-bond acceptors (Lipinski definition) is 9. The van der Waals surface area contributed by atoms with E-state index in [1.54, 1.807) is 30.1 Å². The van der Waals surface area contributed by atoms with Crippen molar-refractivity contribution in [2.45, 2.75) is 31.6 Å². The zero-order valence-corrected chi connectivity index (χ0v) is 21.3. The van der Waals surface area contributed by atoms with Gasteiger partial charge in [-0.1, -0.05) is 23.4 Å². The van der Waals surface area contributed by atoms with E-state index in [2.05, 4.69) is 30.5 Å². The number of hydrogen-bond donors (Lipinski definition) is 3. The van der Waals surface area contributed by atoms with E-state index in [-0.39, 0.29) is 44.6 Å². The Kier molecular flexibility index (Phi) is 8.26. The van der Waals surface area contributed by atoms with Crippen molar-refractivity contribution in [3.05, 3.63) is 70.0 Å². The molecule has 0 spiro atoms. The minimum Gasteiger partial charge on any atom is -0.485 e. The van der Waals surface area contributed by atoms with Crippen molar-refractivity contribution in [1.29, 1.82) is 0 Å². The summed E-state index contributed by atoms with van der Waals surface area (Å²) in [5.41, 5.74) is 2.69. The molecule has 2 aromatic heterocycles. The first-order chi connectivity index (χ1) is 17.4. The lowest BCUT2D eigenvalue weighted by atomic mass is 10.0. The first kappa shape index (κ1) is 26.4. The number of aromatic amines is 2. The van der Waals surface area contributed by atoms with Gasteiger partial charge in [0, 0.05) is 26.7 Å². The van der Waals surface area contributed by atoms with Crippen molar-refractivity contribution in [2.75, 3.05) is 26.7 Å². The molecule has 1 unspecified atom stereocenters. The van der Waals surface area contributed by atoms with E-state index in [1.807, 2.05) is 24.3 Å². The third kappa shape index (κ3) is 6.37. The van der Waals surface area contributed by atoms with E-state index < -0.39 is 5.76 Å². The molecule has 1 aliphatic rings. The highest BCUT2D eigenvalue weighted by Gasteiger charge is 2.28. The molecule has 196 valence electrons. The smallest absolute Gasteiger partial charge is 0.417 e. The highest BCUT2D eigenvalue weighted by molar-refractivity contribution is 7.59. The van der Waals surface area contributed by atoms with Gasteiger partial charge in [-0.2, -0.15) is 18.7 Å². The van der Waals surface area contributed by atoms with Crippen LogP contribution in [0, 0.1) is 0 Å². The fourth-order valence-electron chi connectivity index (χ4n) is 4.46. The van der Waals surface area contributed by atoms with Crippen LogP contribution in [0.15, 0.2) is 51.7 Å². The SMILES string of the molecule is CN(C(=O)Cc1ccc2oc(=O)[nH]c2c1)C(CN1CC[C@H](O)C1)c1cccc(OCc2nn[nH]n2)c1.S. The third-order valence-corrected chi connectivity index (χ3v) is 6.38. The van der Waals surface area contributed by atoms with Crippen LogP contribution in [0.1, 0.15) is 29.4 Å². The van der Waals surface area contributed by atoms with Gasteiger partial charge in [0.25, 0.3) is 0 Å². The number of aliphatic hydroxyl groups is 1. The Morgan fingerprint density at radius 3 is 2.95 bits per heavy atom. The molecule has 3 heterocycles. The molecular formula is C24H29N7O5S. The molecule has 3 N–H and O–H groups in total. The fraction of sp³-hybridized carbons (Fsp3) is 0.375. The number of β-amino-alcohol motifs (C(OH)–C–C–N with tert-alkyl or cyclic N) is 1. The summed E-state index contributed by atoms with van der Waals surface area (Å²) in [6.07, 6.45) is 0.508. The van der Waals surface area contributed by atoms with Crippen LogP contribution in [0.2, 0.25) is 0 Å². The fourth-order valence-corrected chi connectivity index (χ4v) is 4.46. The number of fused-ring (bicyclic) bond motifs is 1. The van der Waals surface area contributed by atoms with Gasteiger partial charge in [0.05, 0.1) is 24.1 Å². The summed E-state index contributed by atoms with van der Waals surface area (Å²) < 4.78 is 10.9. The average molecular weight is 528 g/mol. The molecule has 0 saturated carbocycles. The van der Waals surface area contributed by atoms with Crippen LogP contribution in [0.25, 0.3) is 11.1 Å². The monoisotopic (exact) mass is 527 g/mol. The van der Waals surface area contributed by atoms with Gasteiger partial charge in [0.15, 0.2) is 12.2 Å². The molecule has 1 amide bonds. The number of aliphatic hydroxyl groups excluding tert-OH is 1. The van der Waals surface area contributed by atoms with Crippen LogP contribution in [-0.4, -0.2) is 79.2 Å². The molecule has 1 saturated heterocycles. The molecule has 13 heteroatoms. The number of nitrogens with zero attached hydrogens (tertiary/aromatic N) is 5. The number of oxazole rings is 1. The molecule has 4 aromatic rings. The number of likely N-dealkylation sites (tertiary alicyclic amines) is 1. The van der Waals surface area contributed by atoms with Crippen molar-refractivity contribution < 1.29 is 19.1 Å². The number of carbonyl (C=O) groups is 1. The Bertz CT molecular complexity index is 1390. The van der Waals surface area contributed by atoms with Gasteiger partial charge in [-0.3, -0.25) is 14.7 Å². The second-order valence-electron chi connectivity index (χ2n) is 8.93. The maximum absolute atomic E-state index is 13.4. The van der Waals surface area contributed by atoms with Gasteiger partial charge in [0.2, 0.25) is 11.7 Å². The first-order valence-electron chi connectivity index (χ1n) is 11.7. The number of carbonyl (C=O) groups excluding carboxylic acids is 1. The van der Waals surface area contributed by atoms with Crippen LogP contribution in [0.3, 0.4) is 0 Å². The van der Waals surface area contributed by atoms with Crippen molar-refractivity contribution in [2.24, 2.45) is 0 Å². The van der Waals surface area contributed by atoms with Crippen LogP contribution in [0.5, 0.6) is 5.75 Å².